The maximum absolute atomic E-state index is 14.2. The van der Waals surface area contributed by atoms with E-state index < -0.39 is 60.2 Å². The summed E-state index contributed by atoms with van der Waals surface area (Å²) < 4.78 is 224. The fourth-order valence-corrected chi connectivity index (χ4v) is 1.71. The number of anilines is 1. The summed E-state index contributed by atoms with van der Waals surface area (Å²) in [6, 6.07) is 0.891. The smallest absolute Gasteiger partial charge is 0.289 e. The molecule has 1 aromatic rings. The summed E-state index contributed by atoms with van der Waals surface area (Å²) in [5, 5.41) is 0.618. The Morgan fingerprint density at radius 1 is 0.639 bits per heavy atom. The van der Waals surface area contributed by atoms with Gasteiger partial charge in [-0.1, -0.05) is 0 Å². The van der Waals surface area contributed by atoms with Crippen LogP contribution in [0.1, 0.15) is 0 Å². The number of nitrogens with zero attached hydrogens (tertiary/aromatic N) is 2. The lowest BCUT2D eigenvalue weighted by molar-refractivity contribution is -0.548. The van der Waals surface area contributed by atoms with E-state index in [2.05, 4.69) is 9.97 Å². The lowest BCUT2D eigenvalue weighted by Crippen LogP contribution is -2.68. The highest BCUT2D eigenvalue weighted by molar-refractivity contribution is 5.95. The number of carbonyl (C=O) groups is 1. The third-order valence-electron chi connectivity index (χ3n) is 3.45. The zero-order chi connectivity index (χ0) is 28.8. The van der Waals surface area contributed by atoms with Crippen LogP contribution in [-0.4, -0.2) is 64.3 Å². The molecule has 1 rings (SSSR count). The summed E-state index contributed by atoms with van der Waals surface area (Å²) in [6.07, 6.45) is -37.5. The van der Waals surface area contributed by atoms with Gasteiger partial charge in [-0.25, -0.2) is 9.97 Å². The molecule has 208 valence electrons. The zero-order valence-electron chi connectivity index (χ0n) is 15.8. The van der Waals surface area contributed by atoms with Crippen LogP contribution in [0.25, 0.3) is 0 Å². The van der Waals surface area contributed by atoms with E-state index >= 15 is 0 Å². The Morgan fingerprint density at radius 2 is 1.08 bits per heavy atom. The zero-order valence-corrected chi connectivity index (χ0v) is 15.8. The molecule has 0 bridgehead atoms. The van der Waals surface area contributed by atoms with E-state index in [0.29, 0.717) is 17.7 Å². The van der Waals surface area contributed by atoms with E-state index in [1.54, 1.807) is 0 Å². The molecule has 0 aliphatic rings. The number of nitrogens with one attached hydrogen (secondary N) is 1. The third kappa shape index (κ3) is 5.49. The minimum absolute atomic E-state index is 0.596. The molecule has 2 atom stereocenters. The minimum Gasteiger partial charge on any atom is -0.289 e. The third-order valence-corrected chi connectivity index (χ3v) is 3.45. The number of hydrogen-bond acceptors (Lipinski definition) is 5. The van der Waals surface area contributed by atoms with Crippen molar-refractivity contribution in [1.29, 1.82) is 0 Å². The van der Waals surface area contributed by atoms with Gasteiger partial charge in [0.25, 0.3) is 0 Å². The maximum atomic E-state index is 14.2. The summed E-state index contributed by atoms with van der Waals surface area (Å²) in [4.78, 5) is 17.3. The van der Waals surface area contributed by atoms with Crippen LogP contribution >= 0.6 is 0 Å². The Bertz CT molecular complexity index is 932. The average Bonchev–Trinajstić information content (AvgIpc) is 2.65. The second-order valence-electron chi connectivity index (χ2n) is 6.02. The van der Waals surface area contributed by atoms with Crippen molar-refractivity contribution in [3.05, 3.63) is 18.5 Å². The van der Waals surface area contributed by atoms with E-state index in [0.717, 1.165) is 6.07 Å². The quantitative estimate of drug-likeness (QED) is 0.429. The molecular weight excluding hydrogens is 569 g/mol. The van der Waals surface area contributed by atoms with Crippen molar-refractivity contribution in [3.63, 3.8) is 0 Å². The number of rotatable bonds is 8. The first kappa shape index (κ1) is 31.3. The van der Waals surface area contributed by atoms with Gasteiger partial charge in [0, 0.05) is 12.4 Å². The highest BCUT2D eigenvalue weighted by Gasteiger charge is 2.85. The van der Waals surface area contributed by atoms with Crippen LogP contribution in [-0.2, 0) is 14.3 Å². The van der Waals surface area contributed by atoms with Gasteiger partial charge in [-0.05, 0) is 6.07 Å². The molecule has 1 N–H and O–H groups in total. The Morgan fingerprint density at radius 3 is 1.44 bits per heavy atom. The highest BCUT2D eigenvalue weighted by atomic mass is 19.4. The van der Waals surface area contributed by atoms with Crippen LogP contribution in [0, 0.1) is 0 Å². The number of aromatic nitrogens is 2. The molecular formula is C13H4F17N3O3. The molecule has 0 aliphatic heterocycles. The molecule has 0 aliphatic carbocycles. The largest absolute Gasteiger partial charge is 0.462 e. The van der Waals surface area contributed by atoms with Gasteiger partial charge in [0.15, 0.2) is 0 Å². The van der Waals surface area contributed by atoms with Crippen LogP contribution in [0.2, 0.25) is 0 Å². The molecule has 0 radical (unpaired) electrons. The normalized spacial score (nSPS) is 17.8. The lowest BCUT2D eigenvalue weighted by Gasteiger charge is -2.40. The average molecular weight is 573 g/mol. The van der Waals surface area contributed by atoms with E-state index in [1.807, 2.05) is 4.74 Å². The fraction of sp³-hybridized carbons (Fsp3) is 0.615. The van der Waals surface area contributed by atoms with Crippen LogP contribution in [0.3, 0.4) is 0 Å². The van der Waals surface area contributed by atoms with Crippen molar-refractivity contribution in [3.8, 4) is 0 Å². The molecule has 23 heteroatoms. The Kier molecular flexibility index (Phi) is 7.82. The maximum Gasteiger partial charge on any atom is 0.462 e. The second kappa shape index (κ2) is 8.99. The minimum atomic E-state index is -8.08. The van der Waals surface area contributed by atoms with Gasteiger partial charge < -0.3 is 0 Å². The Balaban J connectivity index is 3.61. The van der Waals surface area contributed by atoms with Gasteiger partial charge in [0.2, 0.25) is 5.95 Å². The van der Waals surface area contributed by atoms with Crippen molar-refractivity contribution < 1.29 is 88.9 Å². The van der Waals surface area contributed by atoms with Gasteiger partial charge in [0.1, 0.15) is 0 Å². The predicted octanol–water partition coefficient (Wildman–Crippen LogP) is 5.29. The fourth-order valence-electron chi connectivity index (χ4n) is 1.71. The summed E-state index contributed by atoms with van der Waals surface area (Å²) in [6.45, 7) is 0. The molecule has 0 saturated carbocycles. The number of ether oxygens (including phenoxy) is 2. The molecule has 6 nitrogen and oxygen atoms in total. The van der Waals surface area contributed by atoms with Crippen LogP contribution in [0.5, 0.6) is 0 Å². The van der Waals surface area contributed by atoms with Crippen molar-refractivity contribution in [2.45, 2.75) is 48.4 Å². The van der Waals surface area contributed by atoms with E-state index in [4.69, 9.17) is 0 Å². The van der Waals surface area contributed by atoms with Gasteiger partial charge in [-0.3, -0.25) is 19.6 Å². The van der Waals surface area contributed by atoms with E-state index in [9.17, 15) is 79.4 Å². The number of carbonyl (C=O) groups excluding carboxylic acids is 1. The summed E-state index contributed by atoms with van der Waals surface area (Å²) in [5.74, 6) is -27.8. The van der Waals surface area contributed by atoms with Crippen molar-refractivity contribution >= 4 is 11.9 Å². The SMILES string of the molecule is O=C(Nc1ncccn1)[C@@](F)(OC(F)(F)[C@](F)(OC(F)(F)C(F)(F)C(F)(F)F)C(F)(F)F)C(F)(F)F. The second-order valence-corrected chi connectivity index (χ2v) is 6.02. The number of alkyl halides is 17. The molecule has 0 fully saturated rings. The van der Waals surface area contributed by atoms with Crippen LogP contribution < -0.4 is 5.32 Å². The Labute approximate surface area is 184 Å². The molecule has 36 heavy (non-hydrogen) atoms. The topological polar surface area (TPSA) is 73.3 Å². The first-order valence-electron chi connectivity index (χ1n) is 7.86. The van der Waals surface area contributed by atoms with Crippen molar-refractivity contribution in [2.75, 3.05) is 5.32 Å². The molecule has 0 unspecified atom stereocenters. The number of amides is 1. The van der Waals surface area contributed by atoms with Crippen LogP contribution in [0.15, 0.2) is 18.5 Å². The molecule has 0 aromatic carbocycles. The summed E-state index contributed by atoms with van der Waals surface area (Å²) in [5.41, 5.74) is 0. The van der Waals surface area contributed by atoms with Crippen LogP contribution in [0.4, 0.5) is 80.6 Å². The summed E-state index contributed by atoms with van der Waals surface area (Å²) >= 11 is 0. The lowest BCUT2D eigenvalue weighted by atomic mass is 10.2. The van der Waals surface area contributed by atoms with Gasteiger partial charge >= 0.3 is 54.3 Å². The molecule has 1 aromatic heterocycles. The van der Waals surface area contributed by atoms with Crippen molar-refractivity contribution in [1.82, 2.24) is 9.97 Å². The standard InChI is InChI=1S/C13H4F17N3O3/c14-6(9(18,19)20,4(34)33-5-31-2-1-3-32-5)35-13(29,30)8(17,11(24,25)26)36-12(27,28)7(15,16)10(21,22)23/h1-3H,(H,31,32,33,34)/t6-,8-/m1/s1. The Hall–Kier alpha value is -2.72. The number of halogens is 17. The van der Waals surface area contributed by atoms with Gasteiger partial charge in [-0.15, -0.1) is 0 Å². The predicted molar refractivity (Wildman–Crippen MR) is 73.5 cm³/mol. The first-order valence-corrected chi connectivity index (χ1v) is 7.86. The molecule has 0 spiro atoms. The van der Waals surface area contributed by atoms with E-state index in [-0.39, 0.29) is 0 Å². The van der Waals surface area contributed by atoms with Gasteiger partial charge in [0.05, 0.1) is 0 Å². The van der Waals surface area contributed by atoms with Gasteiger partial charge in [-0.2, -0.15) is 74.6 Å². The number of hydrogen-bond donors (Lipinski definition) is 1. The first-order chi connectivity index (χ1) is 15.7. The highest BCUT2D eigenvalue weighted by Crippen LogP contribution is 2.56. The molecule has 1 heterocycles. The molecule has 1 amide bonds. The molecule has 0 saturated heterocycles. The summed E-state index contributed by atoms with van der Waals surface area (Å²) in [7, 11) is 0. The monoisotopic (exact) mass is 573 g/mol. The van der Waals surface area contributed by atoms with E-state index in [1.165, 1.54) is 4.74 Å². The van der Waals surface area contributed by atoms with Crippen molar-refractivity contribution in [2.24, 2.45) is 0 Å².